The van der Waals surface area contributed by atoms with Crippen molar-refractivity contribution >= 4 is 23.6 Å². The topological polar surface area (TPSA) is 91.2 Å². The minimum absolute atomic E-state index is 0.195. The fourth-order valence-electron chi connectivity index (χ4n) is 2.19. The first-order valence-electron chi connectivity index (χ1n) is 7.97. The van der Waals surface area contributed by atoms with E-state index in [2.05, 4.69) is 10.6 Å². The van der Waals surface area contributed by atoms with E-state index in [0.29, 0.717) is 5.69 Å². The molecule has 6 nitrogen and oxygen atoms in total. The Hall–Kier alpha value is -3.59. The van der Waals surface area contributed by atoms with E-state index in [0.717, 1.165) is 16.9 Å². The smallest absolute Gasteiger partial charge is 0.248 e. The molecule has 132 valence electrons. The SMILES string of the molecule is COc1ccc(/C=C/C(=O)Nc2ccccc2CNC(=O)CC#N)cc1. The van der Waals surface area contributed by atoms with Gasteiger partial charge in [-0.2, -0.15) is 5.26 Å². The average molecular weight is 349 g/mol. The molecule has 6 heteroatoms. The van der Waals surface area contributed by atoms with Crippen LogP contribution in [0.2, 0.25) is 0 Å². The lowest BCUT2D eigenvalue weighted by Crippen LogP contribution is -2.22. The summed E-state index contributed by atoms with van der Waals surface area (Å²) in [5.41, 5.74) is 2.23. The molecule has 2 aromatic carbocycles. The molecule has 0 aliphatic carbocycles. The van der Waals surface area contributed by atoms with E-state index in [-0.39, 0.29) is 24.8 Å². The van der Waals surface area contributed by atoms with Crippen LogP contribution in [0.4, 0.5) is 5.69 Å². The summed E-state index contributed by atoms with van der Waals surface area (Å²) >= 11 is 0. The van der Waals surface area contributed by atoms with Crippen molar-refractivity contribution in [1.29, 1.82) is 5.26 Å². The minimum Gasteiger partial charge on any atom is -0.497 e. The quantitative estimate of drug-likeness (QED) is 0.752. The fraction of sp³-hybridized carbons (Fsp3) is 0.150. The Morgan fingerprint density at radius 3 is 2.58 bits per heavy atom. The first-order chi connectivity index (χ1) is 12.6. The van der Waals surface area contributed by atoms with Gasteiger partial charge in [0.1, 0.15) is 12.2 Å². The van der Waals surface area contributed by atoms with Crippen LogP contribution in [0, 0.1) is 11.3 Å². The Bertz CT molecular complexity index is 836. The van der Waals surface area contributed by atoms with E-state index in [1.54, 1.807) is 37.5 Å². The van der Waals surface area contributed by atoms with Crippen molar-refractivity contribution in [2.24, 2.45) is 0 Å². The van der Waals surface area contributed by atoms with Crippen LogP contribution >= 0.6 is 0 Å². The number of amides is 2. The van der Waals surface area contributed by atoms with Crippen molar-refractivity contribution in [1.82, 2.24) is 5.32 Å². The van der Waals surface area contributed by atoms with E-state index in [1.165, 1.54) is 6.08 Å². The van der Waals surface area contributed by atoms with Crippen molar-refractivity contribution in [3.8, 4) is 11.8 Å². The number of hydrogen-bond donors (Lipinski definition) is 2. The van der Waals surface area contributed by atoms with Gasteiger partial charge >= 0.3 is 0 Å². The monoisotopic (exact) mass is 349 g/mol. The van der Waals surface area contributed by atoms with Crippen molar-refractivity contribution < 1.29 is 14.3 Å². The second-order valence-electron chi connectivity index (χ2n) is 5.36. The summed E-state index contributed by atoms with van der Waals surface area (Å²) in [4.78, 5) is 23.6. The Labute approximate surface area is 152 Å². The molecule has 2 rings (SSSR count). The van der Waals surface area contributed by atoms with Gasteiger partial charge in [0.25, 0.3) is 0 Å². The van der Waals surface area contributed by atoms with E-state index < -0.39 is 0 Å². The van der Waals surface area contributed by atoms with Crippen LogP contribution in [-0.2, 0) is 16.1 Å². The molecule has 0 heterocycles. The summed E-state index contributed by atoms with van der Waals surface area (Å²) in [6, 6.07) is 16.3. The molecule has 0 fully saturated rings. The number of carbonyl (C=O) groups excluding carboxylic acids is 2. The number of rotatable bonds is 7. The second-order valence-corrected chi connectivity index (χ2v) is 5.36. The van der Waals surface area contributed by atoms with Gasteiger partial charge in [-0.15, -0.1) is 0 Å². The third-order valence-corrected chi connectivity index (χ3v) is 3.53. The van der Waals surface area contributed by atoms with E-state index in [4.69, 9.17) is 10.00 Å². The van der Waals surface area contributed by atoms with Crippen molar-refractivity contribution in [2.75, 3.05) is 12.4 Å². The first-order valence-corrected chi connectivity index (χ1v) is 7.97. The maximum atomic E-state index is 12.1. The fourth-order valence-corrected chi connectivity index (χ4v) is 2.19. The van der Waals surface area contributed by atoms with Gasteiger partial charge in [0.15, 0.2) is 0 Å². The summed E-state index contributed by atoms with van der Waals surface area (Å²) in [6.45, 7) is 0.235. The van der Waals surface area contributed by atoms with Crippen molar-refractivity contribution in [3.05, 3.63) is 65.7 Å². The van der Waals surface area contributed by atoms with Crippen LogP contribution in [0.5, 0.6) is 5.75 Å². The molecule has 0 bridgehead atoms. The summed E-state index contributed by atoms with van der Waals surface area (Å²) < 4.78 is 5.09. The lowest BCUT2D eigenvalue weighted by Gasteiger charge is -2.10. The highest BCUT2D eigenvalue weighted by molar-refractivity contribution is 6.02. The van der Waals surface area contributed by atoms with Crippen molar-refractivity contribution in [2.45, 2.75) is 13.0 Å². The number of nitrogens with zero attached hydrogens (tertiary/aromatic N) is 1. The Morgan fingerprint density at radius 1 is 1.15 bits per heavy atom. The normalized spacial score (nSPS) is 10.2. The lowest BCUT2D eigenvalue weighted by molar-refractivity contribution is -0.120. The van der Waals surface area contributed by atoms with E-state index in [1.807, 2.05) is 30.3 Å². The van der Waals surface area contributed by atoms with Gasteiger partial charge in [0, 0.05) is 18.3 Å². The van der Waals surface area contributed by atoms with Crippen LogP contribution < -0.4 is 15.4 Å². The number of para-hydroxylation sites is 1. The van der Waals surface area contributed by atoms with Gasteiger partial charge < -0.3 is 15.4 Å². The number of methoxy groups -OCH3 is 1. The molecule has 0 unspecified atom stereocenters. The molecule has 0 atom stereocenters. The molecular formula is C20H19N3O3. The Kier molecular flexibility index (Phi) is 6.95. The molecule has 0 aromatic heterocycles. The molecule has 0 aliphatic heterocycles. The molecule has 0 spiro atoms. The highest BCUT2D eigenvalue weighted by atomic mass is 16.5. The van der Waals surface area contributed by atoms with Gasteiger partial charge in [0.05, 0.1) is 13.2 Å². The van der Waals surface area contributed by atoms with Gasteiger partial charge in [-0.3, -0.25) is 9.59 Å². The van der Waals surface area contributed by atoms with Crippen LogP contribution in [0.25, 0.3) is 6.08 Å². The summed E-state index contributed by atoms with van der Waals surface area (Å²) in [5.74, 6) is 0.114. The van der Waals surface area contributed by atoms with Gasteiger partial charge in [-0.25, -0.2) is 0 Å². The number of nitrogens with one attached hydrogen (secondary N) is 2. The van der Waals surface area contributed by atoms with Gasteiger partial charge in [0.2, 0.25) is 11.8 Å². The van der Waals surface area contributed by atoms with Crippen LogP contribution in [-0.4, -0.2) is 18.9 Å². The molecule has 26 heavy (non-hydrogen) atoms. The average Bonchev–Trinajstić information content (AvgIpc) is 2.66. The molecule has 0 saturated carbocycles. The molecule has 2 aromatic rings. The zero-order valence-electron chi connectivity index (χ0n) is 14.4. The predicted octanol–water partition coefficient (Wildman–Crippen LogP) is 2.88. The highest BCUT2D eigenvalue weighted by Gasteiger charge is 2.06. The Balaban J connectivity index is 1.98. The molecule has 0 aliphatic rings. The number of ether oxygens (including phenoxy) is 1. The third kappa shape index (κ3) is 5.80. The van der Waals surface area contributed by atoms with Gasteiger partial charge in [-0.1, -0.05) is 30.3 Å². The molecule has 0 radical (unpaired) electrons. The zero-order valence-corrected chi connectivity index (χ0v) is 14.4. The summed E-state index contributed by atoms with van der Waals surface area (Å²) in [6.07, 6.45) is 2.94. The number of benzene rings is 2. The standard InChI is InChI=1S/C20H19N3O3/c1-26-17-9-6-15(7-10-17)8-11-20(25)23-18-5-3-2-4-16(18)14-22-19(24)12-13-21/h2-11H,12,14H2,1H3,(H,22,24)(H,23,25)/b11-8+. The van der Waals surface area contributed by atoms with Crippen molar-refractivity contribution in [3.63, 3.8) is 0 Å². The zero-order chi connectivity index (χ0) is 18.8. The summed E-state index contributed by atoms with van der Waals surface area (Å²) in [7, 11) is 1.60. The Morgan fingerprint density at radius 2 is 1.88 bits per heavy atom. The van der Waals surface area contributed by atoms with E-state index >= 15 is 0 Å². The summed E-state index contributed by atoms with van der Waals surface area (Å²) in [5, 5.41) is 13.9. The first kappa shape index (κ1) is 18.7. The number of anilines is 1. The molecule has 2 N–H and O–H groups in total. The van der Waals surface area contributed by atoms with E-state index in [9.17, 15) is 9.59 Å². The van der Waals surface area contributed by atoms with Crippen LogP contribution in [0.3, 0.4) is 0 Å². The molecular weight excluding hydrogens is 330 g/mol. The number of nitriles is 1. The minimum atomic E-state index is -0.354. The highest BCUT2D eigenvalue weighted by Crippen LogP contribution is 2.16. The number of carbonyl (C=O) groups is 2. The van der Waals surface area contributed by atoms with Crippen LogP contribution in [0.1, 0.15) is 17.5 Å². The van der Waals surface area contributed by atoms with Crippen LogP contribution in [0.15, 0.2) is 54.6 Å². The lowest BCUT2D eigenvalue weighted by atomic mass is 10.1. The largest absolute Gasteiger partial charge is 0.497 e. The third-order valence-electron chi connectivity index (χ3n) is 3.53. The molecule has 2 amide bonds. The second kappa shape index (κ2) is 9.64. The maximum absolute atomic E-state index is 12.1. The predicted molar refractivity (Wildman–Crippen MR) is 99.2 cm³/mol. The molecule has 0 saturated heterocycles. The maximum Gasteiger partial charge on any atom is 0.248 e. The number of hydrogen-bond acceptors (Lipinski definition) is 4. The van der Waals surface area contributed by atoms with Gasteiger partial charge in [-0.05, 0) is 35.4 Å².